The van der Waals surface area contributed by atoms with Gasteiger partial charge in [0.2, 0.25) is 0 Å². The molecule has 4 heteroatoms. The van der Waals surface area contributed by atoms with Crippen molar-refractivity contribution in [1.82, 2.24) is 0 Å². The first-order valence-corrected chi connectivity index (χ1v) is 5.93. The van der Waals surface area contributed by atoms with E-state index in [1.54, 1.807) is 23.2 Å². The second-order valence-corrected chi connectivity index (χ2v) is 4.23. The van der Waals surface area contributed by atoms with Crippen molar-refractivity contribution in [3.8, 4) is 0 Å². The molecule has 0 radical (unpaired) electrons. The summed E-state index contributed by atoms with van der Waals surface area (Å²) in [7, 11) is 0. The van der Waals surface area contributed by atoms with Gasteiger partial charge in [0, 0.05) is 17.5 Å². The third-order valence-corrected chi connectivity index (χ3v) is 2.97. The van der Waals surface area contributed by atoms with Crippen LogP contribution in [0.5, 0.6) is 0 Å². The van der Waals surface area contributed by atoms with Crippen LogP contribution < -0.4 is 4.90 Å². The number of anilines is 2. The molecule has 0 aromatic heterocycles. The van der Waals surface area contributed by atoms with Gasteiger partial charge in [0.05, 0.1) is 5.69 Å². The summed E-state index contributed by atoms with van der Waals surface area (Å²) in [6, 6.07) is 13.4. The molecule has 1 heterocycles. The van der Waals surface area contributed by atoms with E-state index in [9.17, 15) is 9.18 Å². The number of carbonyl (C=O) groups excluding carboxylic acids is 1. The van der Waals surface area contributed by atoms with Crippen LogP contribution in [-0.4, -0.2) is 18.7 Å². The highest BCUT2D eigenvalue weighted by atomic mass is 19.1. The highest BCUT2D eigenvalue weighted by Gasteiger charge is 2.21. The molecule has 0 aliphatic carbocycles. The molecule has 1 amide bonds. The van der Waals surface area contributed by atoms with Crippen molar-refractivity contribution in [2.45, 2.75) is 0 Å². The molecule has 3 rings (SSSR count). The average molecular weight is 254 g/mol. The molecular formula is C15H11FN2O. The molecule has 0 N–H and O–H groups in total. The second kappa shape index (κ2) is 4.65. The van der Waals surface area contributed by atoms with Gasteiger partial charge < -0.3 is 0 Å². The summed E-state index contributed by atoms with van der Waals surface area (Å²) in [4.78, 5) is 17.8. The number of amides is 1. The van der Waals surface area contributed by atoms with Crippen molar-refractivity contribution in [3.63, 3.8) is 0 Å². The Morgan fingerprint density at radius 2 is 1.79 bits per heavy atom. The van der Waals surface area contributed by atoms with Gasteiger partial charge in [-0.3, -0.25) is 14.7 Å². The van der Waals surface area contributed by atoms with Crippen molar-refractivity contribution in [3.05, 3.63) is 59.9 Å². The summed E-state index contributed by atoms with van der Waals surface area (Å²) in [5.74, 6) is -0.455. The number of carbonyl (C=O) groups is 1. The van der Waals surface area contributed by atoms with E-state index in [1.165, 1.54) is 12.1 Å². The summed E-state index contributed by atoms with van der Waals surface area (Å²) in [5, 5.41) is 0. The summed E-state index contributed by atoms with van der Waals surface area (Å²) >= 11 is 0. The summed E-state index contributed by atoms with van der Waals surface area (Å²) in [6.07, 6.45) is 1.69. The standard InChI is InChI=1S/C15H11FN2O/c16-12-5-7-13(8-6-12)18-14-4-2-1-3-11(14)9-17-10-15(18)19/h1-9H,10H2. The number of aliphatic imine (C=N–C) groups is 1. The Hall–Kier alpha value is -2.49. The predicted octanol–water partition coefficient (Wildman–Crippen LogP) is 2.92. The van der Waals surface area contributed by atoms with Crippen LogP contribution in [0.4, 0.5) is 15.8 Å². The summed E-state index contributed by atoms with van der Waals surface area (Å²) in [5.41, 5.74) is 2.28. The molecule has 0 saturated carbocycles. The van der Waals surface area contributed by atoms with E-state index in [2.05, 4.69) is 4.99 Å². The lowest BCUT2D eigenvalue weighted by Crippen LogP contribution is -2.27. The Bertz CT molecular complexity index is 649. The maximum atomic E-state index is 13.0. The molecule has 2 aromatic carbocycles. The maximum absolute atomic E-state index is 13.0. The molecule has 3 nitrogen and oxygen atoms in total. The van der Waals surface area contributed by atoms with E-state index in [0.717, 1.165) is 11.3 Å². The lowest BCUT2D eigenvalue weighted by Gasteiger charge is -2.22. The molecule has 0 bridgehead atoms. The topological polar surface area (TPSA) is 32.7 Å². The molecular weight excluding hydrogens is 243 g/mol. The number of halogens is 1. The first-order valence-electron chi connectivity index (χ1n) is 5.93. The Labute approximate surface area is 110 Å². The van der Waals surface area contributed by atoms with Gasteiger partial charge in [-0.1, -0.05) is 18.2 Å². The Kier molecular flexibility index (Phi) is 2.83. The maximum Gasteiger partial charge on any atom is 0.253 e. The average Bonchev–Trinajstić information content (AvgIpc) is 2.58. The number of rotatable bonds is 1. The van der Waals surface area contributed by atoms with Gasteiger partial charge in [0.25, 0.3) is 5.91 Å². The van der Waals surface area contributed by atoms with Gasteiger partial charge in [-0.15, -0.1) is 0 Å². The van der Waals surface area contributed by atoms with Gasteiger partial charge in [-0.05, 0) is 30.3 Å². The fourth-order valence-electron chi connectivity index (χ4n) is 2.10. The largest absolute Gasteiger partial charge is 0.283 e. The smallest absolute Gasteiger partial charge is 0.253 e. The molecule has 0 fully saturated rings. The van der Waals surface area contributed by atoms with Crippen molar-refractivity contribution < 1.29 is 9.18 Å². The van der Waals surface area contributed by atoms with Crippen molar-refractivity contribution >= 4 is 23.5 Å². The molecule has 19 heavy (non-hydrogen) atoms. The summed E-state index contributed by atoms with van der Waals surface area (Å²) in [6.45, 7) is 0.0893. The van der Waals surface area contributed by atoms with Crippen LogP contribution in [0, 0.1) is 5.82 Å². The van der Waals surface area contributed by atoms with Crippen LogP contribution in [0.25, 0.3) is 0 Å². The summed E-state index contributed by atoms with van der Waals surface area (Å²) < 4.78 is 13.0. The Morgan fingerprint density at radius 1 is 1.05 bits per heavy atom. The Balaban J connectivity index is 2.14. The minimum Gasteiger partial charge on any atom is -0.283 e. The highest BCUT2D eigenvalue weighted by Crippen LogP contribution is 2.29. The number of nitrogens with zero attached hydrogens (tertiary/aromatic N) is 2. The zero-order valence-corrected chi connectivity index (χ0v) is 10.1. The van der Waals surface area contributed by atoms with Crippen LogP contribution in [0.3, 0.4) is 0 Å². The van der Waals surface area contributed by atoms with Gasteiger partial charge in [0.1, 0.15) is 12.4 Å². The van der Waals surface area contributed by atoms with Gasteiger partial charge in [-0.2, -0.15) is 0 Å². The molecule has 0 saturated heterocycles. The molecule has 2 aromatic rings. The van der Waals surface area contributed by atoms with Crippen LogP contribution in [0.2, 0.25) is 0 Å². The number of fused-ring (bicyclic) bond motifs is 1. The first-order chi connectivity index (χ1) is 9.25. The molecule has 0 unspecified atom stereocenters. The fraction of sp³-hybridized carbons (Fsp3) is 0.0667. The van der Waals surface area contributed by atoms with Gasteiger partial charge in [-0.25, -0.2) is 4.39 Å². The fourth-order valence-corrected chi connectivity index (χ4v) is 2.10. The first kappa shape index (κ1) is 11.6. The molecule has 1 aliphatic heterocycles. The number of benzodiazepines with no additional fused rings is 1. The van der Waals surface area contributed by atoms with Gasteiger partial charge >= 0.3 is 0 Å². The third kappa shape index (κ3) is 2.12. The Morgan fingerprint density at radius 3 is 2.58 bits per heavy atom. The molecule has 0 spiro atoms. The lowest BCUT2D eigenvalue weighted by atomic mass is 10.1. The second-order valence-electron chi connectivity index (χ2n) is 4.23. The zero-order chi connectivity index (χ0) is 13.2. The molecule has 94 valence electrons. The van der Waals surface area contributed by atoms with Crippen LogP contribution in [0.1, 0.15) is 5.56 Å². The van der Waals surface area contributed by atoms with E-state index >= 15 is 0 Å². The number of para-hydroxylation sites is 1. The van der Waals surface area contributed by atoms with Crippen molar-refractivity contribution in [1.29, 1.82) is 0 Å². The zero-order valence-electron chi connectivity index (χ0n) is 10.1. The number of hydrogen-bond donors (Lipinski definition) is 0. The van der Waals surface area contributed by atoms with Crippen molar-refractivity contribution in [2.75, 3.05) is 11.4 Å². The minimum absolute atomic E-state index is 0.0893. The molecule has 1 aliphatic rings. The van der Waals surface area contributed by atoms with Crippen molar-refractivity contribution in [2.24, 2.45) is 4.99 Å². The quantitative estimate of drug-likeness (QED) is 0.770. The van der Waals surface area contributed by atoms with E-state index in [0.29, 0.717) is 5.69 Å². The van der Waals surface area contributed by atoms with E-state index in [1.807, 2.05) is 24.3 Å². The minimum atomic E-state index is -0.324. The van der Waals surface area contributed by atoms with E-state index < -0.39 is 0 Å². The van der Waals surface area contributed by atoms with Crippen LogP contribution >= 0.6 is 0 Å². The third-order valence-electron chi connectivity index (χ3n) is 2.97. The predicted molar refractivity (Wildman–Crippen MR) is 72.4 cm³/mol. The number of benzene rings is 2. The molecule has 0 atom stereocenters. The van der Waals surface area contributed by atoms with E-state index in [-0.39, 0.29) is 18.3 Å². The van der Waals surface area contributed by atoms with E-state index in [4.69, 9.17) is 0 Å². The van der Waals surface area contributed by atoms with Gasteiger partial charge in [0.15, 0.2) is 0 Å². The SMILES string of the molecule is O=C1CN=Cc2ccccc2N1c1ccc(F)cc1. The normalized spacial score (nSPS) is 14.2. The lowest BCUT2D eigenvalue weighted by molar-refractivity contribution is -0.116. The number of hydrogen-bond acceptors (Lipinski definition) is 2. The van der Waals surface area contributed by atoms with Crippen LogP contribution in [0.15, 0.2) is 53.5 Å². The van der Waals surface area contributed by atoms with Crippen LogP contribution in [-0.2, 0) is 4.79 Å². The highest BCUT2D eigenvalue weighted by molar-refractivity contribution is 6.08. The monoisotopic (exact) mass is 254 g/mol.